The van der Waals surface area contributed by atoms with Gasteiger partial charge in [0.25, 0.3) is 5.91 Å². The van der Waals surface area contributed by atoms with E-state index in [2.05, 4.69) is 41.2 Å². The molecule has 0 radical (unpaired) electrons. The van der Waals surface area contributed by atoms with Crippen LogP contribution in [0.25, 0.3) is 0 Å². The van der Waals surface area contributed by atoms with E-state index in [0.717, 1.165) is 18.9 Å². The monoisotopic (exact) mass is 276 g/mol. The zero-order chi connectivity index (χ0) is 14.5. The molecule has 0 spiro atoms. The SMILES string of the molecule is CC(C)CNC(=O)c1ccc(N2CCCC(C)C2)nn1. The second kappa shape index (κ2) is 6.68. The number of nitrogens with one attached hydrogen (secondary N) is 1. The van der Waals surface area contributed by atoms with Crippen LogP contribution in [0.1, 0.15) is 44.1 Å². The van der Waals surface area contributed by atoms with E-state index in [9.17, 15) is 4.79 Å². The molecule has 1 fully saturated rings. The highest BCUT2D eigenvalue weighted by molar-refractivity contribution is 5.92. The summed E-state index contributed by atoms with van der Waals surface area (Å²) in [5.41, 5.74) is 0.388. The lowest BCUT2D eigenvalue weighted by atomic mass is 10.0. The highest BCUT2D eigenvalue weighted by atomic mass is 16.1. The van der Waals surface area contributed by atoms with Gasteiger partial charge in [0, 0.05) is 19.6 Å². The quantitative estimate of drug-likeness (QED) is 0.915. The van der Waals surface area contributed by atoms with Gasteiger partial charge in [0.15, 0.2) is 11.5 Å². The first kappa shape index (κ1) is 14.8. The molecule has 2 heterocycles. The highest BCUT2D eigenvalue weighted by Gasteiger charge is 2.18. The Labute approximate surface area is 120 Å². The predicted molar refractivity (Wildman–Crippen MR) is 79.8 cm³/mol. The summed E-state index contributed by atoms with van der Waals surface area (Å²) in [7, 11) is 0. The lowest BCUT2D eigenvalue weighted by molar-refractivity contribution is 0.0943. The van der Waals surface area contributed by atoms with E-state index in [1.165, 1.54) is 12.8 Å². The number of carbonyl (C=O) groups is 1. The van der Waals surface area contributed by atoms with Crippen molar-refractivity contribution in [1.82, 2.24) is 15.5 Å². The average Bonchev–Trinajstić information content (AvgIpc) is 2.45. The fourth-order valence-corrected chi connectivity index (χ4v) is 2.40. The minimum absolute atomic E-state index is 0.148. The molecule has 1 aromatic rings. The van der Waals surface area contributed by atoms with Crippen LogP contribution in [-0.4, -0.2) is 35.7 Å². The Morgan fingerprint density at radius 3 is 2.85 bits per heavy atom. The van der Waals surface area contributed by atoms with E-state index in [4.69, 9.17) is 0 Å². The first-order valence-electron chi connectivity index (χ1n) is 7.43. The van der Waals surface area contributed by atoms with Crippen molar-refractivity contribution in [2.24, 2.45) is 11.8 Å². The van der Waals surface area contributed by atoms with Crippen LogP contribution in [0.5, 0.6) is 0 Å². The van der Waals surface area contributed by atoms with E-state index in [-0.39, 0.29) is 5.91 Å². The number of hydrogen-bond acceptors (Lipinski definition) is 4. The number of amides is 1. The molecule has 2 rings (SSSR count). The topological polar surface area (TPSA) is 58.1 Å². The van der Waals surface area contributed by atoms with Crippen molar-refractivity contribution in [2.75, 3.05) is 24.5 Å². The first-order chi connectivity index (χ1) is 9.56. The minimum Gasteiger partial charge on any atom is -0.355 e. The maximum atomic E-state index is 11.9. The standard InChI is InChI=1S/C15H24N4O/c1-11(2)9-16-15(20)13-6-7-14(18-17-13)19-8-4-5-12(3)10-19/h6-7,11-12H,4-5,8-10H2,1-3H3,(H,16,20). The van der Waals surface area contributed by atoms with Gasteiger partial charge in [0.1, 0.15) is 0 Å². The van der Waals surface area contributed by atoms with Gasteiger partial charge in [-0.3, -0.25) is 4.79 Å². The summed E-state index contributed by atoms with van der Waals surface area (Å²) < 4.78 is 0. The molecule has 1 amide bonds. The molecular weight excluding hydrogens is 252 g/mol. The van der Waals surface area contributed by atoms with Crippen LogP contribution < -0.4 is 10.2 Å². The minimum atomic E-state index is -0.148. The summed E-state index contributed by atoms with van der Waals surface area (Å²) >= 11 is 0. The molecule has 110 valence electrons. The second-order valence-corrected chi connectivity index (χ2v) is 6.07. The van der Waals surface area contributed by atoms with Crippen LogP contribution in [0, 0.1) is 11.8 Å². The molecule has 1 unspecified atom stereocenters. The maximum Gasteiger partial charge on any atom is 0.271 e. The summed E-state index contributed by atoms with van der Waals surface area (Å²) in [4.78, 5) is 14.1. The highest BCUT2D eigenvalue weighted by Crippen LogP contribution is 2.20. The third kappa shape index (κ3) is 3.92. The first-order valence-corrected chi connectivity index (χ1v) is 7.43. The summed E-state index contributed by atoms with van der Waals surface area (Å²) in [5.74, 6) is 1.85. The van der Waals surface area contributed by atoms with Crippen molar-refractivity contribution in [2.45, 2.75) is 33.6 Å². The third-order valence-corrected chi connectivity index (χ3v) is 3.53. The molecule has 0 aromatic carbocycles. The fraction of sp³-hybridized carbons (Fsp3) is 0.667. The van der Waals surface area contributed by atoms with Gasteiger partial charge in [0.2, 0.25) is 0 Å². The van der Waals surface area contributed by atoms with Gasteiger partial charge in [-0.2, -0.15) is 0 Å². The largest absolute Gasteiger partial charge is 0.355 e. The van der Waals surface area contributed by atoms with E-state index in [1.807, 2.05) is 6.07 Å². The Balaban J connectivity index is 1.97. The number of carbonyl (C=O) groups excluding carboxylic acids is 1. The van der Waals surface area contributed by atoms with E-state index in [0.29, 0.717) is 24.1 Å². The van der Waals surface area contributed by atoms with Crippen molar-refractivity contribution >= 4 is 11.7 Å². The lowest BCUT2D eigenvalue weighted by Gasteiger charge is -2.31. The Hall–Kier alpha value is -1.65. The van der Waals surface area contributed by atoms with Crippen LogP contribution in [0.2, 0.25) is 0 Å². The Kier molecular flexibility index (Phi) is 4.93. The molecule has 0 saturated carbocycles. The van der Waals surface area contributed by atoms with Crippen LogP contribution >= 0.6 is 0 Å². The molecule has 1 N–H and O–H groups in total. The van der Waals surface area contributed by atoms with Crippen molar-refractivity contribution in [1.29, 1.82) is 0 Å². The van der Waals surface area contributed by atoms with Gasteiger partial charge in [-0.25, -0.2) is 0 Å². The van der Waals surface area contributed by atoms with Gasteiger partial charge in [-0.15, -0.1) is 10.2 Å². The summed E-state index contributed by atoms with van der Waals surface area (Å²) in [5, 5.41) is 11.1. The number of anilines is 1. The fourth-order valence-electron chi connectivity index (χ4n) is 2.40. The third-order valence-electron chi connectivity index (χ3n) is 3.53. The van der Waals surface area contributed by atoms with Crippen molar-refractivity contribution in [3.05, 3.63) is 17.8 Å². The van der Waals surface area contributed by atoms with Gasteiger partial charge in [0.05, 0.1) is 0 Å². The predicted octanol–water partition coefficient (Wildman–Crippen LogP) is 2.10. The number of rotatable bonds is 4. The molecular formula is C15H24N4O. The van der Waals surface area contributed by atoms with E-state index >= 15 is 0 Å². The van der Waals surface area contributed by atoms with Crippen LogP contribution in [0.3, 0.4) is 0 Å². The molecule has 5 nitrogen and oxygen atoms in total. The Morgan fingerprint density at radius 2 is 2.25 bits per heavy atom. The number of nitrogens with zero attached hydrogens (tertiary/aromatic N) is 3. The number of aromatic nitrogens is 2. The van der Waals surface area contributed by atoms with Gasteiger partial charge >= 0.3 is 0 Å². The Morgan fingerprint density at radius 1 is 1.45 bits per heavy atom. The zero-order valence-corrected chi connectivity index (χ0v) is 12.6. The van der Waals surface area contributed by atoms with Crippen LogP contribution in [-0.2, 0) is 0 Å². The maximum absolute atomic E-state index is 11.9. The molecule has 0 aliphatic carbocycles. The molecule has 5 heteroatoms. The summed E-state index contributed by atoms with van der Waals surface area (Å²) in [6.45, 7) is 9.09. The average molecular weight is 276 g/mol. The smallest absolute Gasteiger partial charge is 0.271 e. The van der Waals surface area contributed by atoms with Crippen molar-refractivity contribution in [3.8, 4) is 0 Å². The lowest BCUT2D eigenvalue weighted by Crippen LogP contribution is -2.35. The van der Waals surface area contributed by atoms with Gasteiger partial charge in [-0.1, -0.05) is 20.8 Å². The second-order valence-electron chi connectivity index (χ2n) is 6.07. The van der Waals surface area contributed by atoms with Crippen LogP contribution in [0.4, 0.5) is 5.82 Å². The molecule has 1 aliphatic rings. The molecule has 1 aliphatic heterocycles. The zero-order valence-electron chi connectivity index (χ0n) is 12.6. The van der Waals surface area contributed by atoms with Crippen molar-refractivity contribution < 1.29 is 4.79 Å². The molecule has 0 bridgehead atoms. The molecule has 1 saturated heterocycles. The molecule has 1 aromatic heterocycles. The Bertz CT molecular complexity index is 444. The molecule has 20 heavy (non-hydrogen) atoms. The normalized spacial score (nSPS) is 19.2. The summed E-state index contributed by atoms with van der Waals surface area (Å²) in [6, 6.07) is 3.66. The van der Waals surface area contributed by atoms with E-state index < -0.39 is 0 Å². The van der Waals surface area contributed by atoms with Gasteiger partial charge < -0.3 is 10.2 Å². The molecule has 1 atom stereocenters. The summed E-state index contributed by atoms with van der Waals surface area (Å²) in [6.07, 6.45) is 2.47. The van der Waals surface area contributed by atoms with Crippen LogP contribution in [0.15, 0.2) is 12.1 Å². The van der Waals surface area contributed by atoms with Gasteiger partial charge in [-0.05, 0) is 36.8 Å². The number of hydrogen-bond donors (Lipinski definition) is 1. The number of piperidine rings is 1. The van der Waals surface area contributed by atoms with Crippen molar-refractivity contribution in [3.63, 3.8) is 0 Å². The van der Waals surface area contributed by atoms with E-state index in [1.54, 1.807) is 6.07 Å².